The van der Waals surface area contributed by atoms with Gasteiger partial charge in [0.15, 0.2) is 6.17 Å². The molecule has 1 amide bonds. The molecule has 1 fully saturated rings. The van der Waals surface area contributed by atoms with E-state index in [0.29, 0.717) is 13.1 Å². The molecular formula is C14H18F2N2O. The van der Waals surface area contributed by atoms with E-state index in [9.17, 15) is 13.6 Å². The summed E-state index contributed by atoms with van der Waals surface area (Å²) in [5.74, 6) is -0.467. The fourth-order valence-electron chi connectivity index (χ4n) is 2.44. The molecule has 2 rings (SSSR count). The normalized spacial score (nSPS) is 28.1. The lowest BCUT2D eigenvalue weighted by molar-refractivity contribution is -0.132. The van der Waals surface area contributed by atoms with Crippen LogP contribution in [0.4, 0.5) is 8.78 Å². The molecule has 0 radical (unpaired) electrons. The number of rotatable bonds is 3. The van der Waals surface area contributed by atoms with Crippen LogP contribution in [-0.2, 0) is 11.3 Å². The summed E-state index contributed by atoms with van der Waals surface area (Å²) in [5, 5.41) is 2.41. The van der Waals surface area contributed by atoms with Crippen molar-refractivity contribution in [3.63, 3.8) is 0 Å². The van der Waals surface area contributed by atoms with E-state index >= 15 is 0 Å². The molecule has 104 valence electrons. The number of alkyl halides is 2. The second kappa shape index (κ2) is 6.10. The van der Waals surface area contributed by atoms with Crippen LogP contribution in [0.2, 0.25) is 0 Å². The average Bonchev–Trinajstić information content (AvgIpc) is 2.44. The van der Waals surface area contributed by atoms with Crippen molar-refractivity contribution in [3.05, 3.63) is 35.9 Å². The Bertz CT molecular complexity index is 427. The topological polar surface area (TPSA) is 32.3 Å². The van der Waals surface area contributed by atoms with Crippen LogP contribution in [0, 0.1) is 0 Å². The number of likely N-dealkylation sites (N-methyl/N-ethyl adjacent to an activating group) is 1. The van der Waals surface area contributed by atoms with Gasteiger partial charge in [-0.05, 0) is 12.0 Å². The molecule has 0 aliphatic carbocycles. The van der Waals surface area contributed by atoms with Gasteiger partial charge in [0, 0.05) is 20.1 Å². The van der Waals surface area contributed by atoms with E-state index < -0.39 is 24.3 Å². The van der Waals surface area contributed by atoms with Crippen molar-refractivity contribution in [3.8, 4) is 0 Å². The van der Waals surface area contributed by atoms with Crippen LogP contribution in [0.1, 0.15) is 12.0 Å². The smallest absolute Gasteiger partial charge is 0.240 e. The Kier molecular flexibility index (Phi) is 4.47. The van der Waals surface area contributed by atoms with E-state index in [0.717, 1.165) is 5.56 Å². The van der Waals surface area contributed by atoms with E-state index in [-0.39, 0.29) is 6.42 Å². The summed E-state index contributed by atoms with van der Waals surface area (Å²) in [5.41, 5.74) is 0.987. The second-order valence-corrected chi connectivity index (χ2v) is 4.76. The van der Waals surface area contributed by atoms with Gasteiger partial charge < -0.3 is 5.32 Å². The van der Waals surface area contributed by atoms with Crippen LogP contribution in [0.25, 0.3) is 0 Å². The Morgan fingerprint density at radius 1 is 1.37 bits per heavy atom. The molecule has 3 unspecified atom stereocenters. The van der Waals surface area contributed by atoms with Crippen LogP contribution >= 0.6 is 0 Å². The Morgan fingerprint density at radius 3 is 2.68 bits per heavy atom. The first-order valence-corrected chi connectivity index (χ1v) is 6.41. The summed E-state index contributed by atoms with van der Waals surface area (Å²) in [6.07, 6.45) is -3.20. The third kappa shape index (κ3) is 3.10. The molecular weight excluding hydrogens is 250 g/mol. The highest BCUT2D eigenvalue weighted by atomic mass is 19.2. The Hall–Kier alpha value is -1.49. The van der Waals surface area contributed by atoms with Gasteiger partial charge in [0.25, 0.3) is 0 Å². The molecule has 1 aliphatic heterocycles. The van der Waals surface area contributed by atoms with Gasteiger partial charge in [0.2, 0.25) is 5.91 Å². The van der Waals surface area contributed by atoms with Gasteiger partial charge in [-0.1, -0.05) is 30.3 Å². The summed E-state index contributed by atoms with van der Waals surface area (Å²) in [4.78, 5) is 13.5. The maximum absolute atomic E-state index is 14.0. The Labute approximate surface area is 111 Å². The Balaban J connectivity index is 2.15. The van der Waals surface area contributed by atoms with Crippen molar-refractivity contribution in [1.29, 1.82) is 0 Å². The lowest BCUT2D eigenvalue weighted by Crippen LogP contribution is -2.57. The summed E-state index contributed by atoms with van der Waals surface area (Å²) < 4.78 is 27.4. The quantitative estimate of drug-likeness (QED) is 0.904. The van der Waals surface area contributed by atoms with Crippen molar-refractivity contribution in [2.24, 2.45) is 0 Å². The number of nitrogens with zero attached hydrogens (tertiary/aromatic N) is 1. The van der Waals surface area contributed by atoms with Crippen molar-refractivity contribution in [2.45, 2.75) is 31.4 Å². The fraction of sp³-hybridized carbons (Fsp3) is 0.500. The van der Waals surface area contributed by atoms with Gasteiger partial charge in [0.05, 0.1) is 0 Å². The first-order valence-electron chi connectivity index (χ1n) is 6.41. The molecule has 1 N–H and O–H groups in total. The van der Waals surface area contributed by atoms with Crippen molar-refractivity contribution < 1.29 is 13.6 Å². The molecule has 1 aromatic carbocycles. The first-order chi connectivity index (χ1) is 9.13. The number of amides is 1. The van der Waals surface area contributed by atoms with Crippen LogP contribution in [-0.4, -0.2) is 42.8 Å². The highest BCUT2D eigenvalue weighted by Gasteiger charge is 2.42. The lowest BCUT2D eigenvalue weighted by Gasteiger charge is -2.38. The SMILES string of the molecule is CNC(=O)C1C(F)C(F)CCN1Cc1ccccc1. The van der Waals surface area contributed by atoms with Crippen molar-refractivity contribution >= 4 is 5.91 Å². The fourth-order valence-corrected chi connectivity index (χ4v) is 2.44. The first kappa shape index (κ1) is 13.9. The standard InChI is InChI=1S/C14H18F2N2O/c1-17-14(19)13-12(16)11(15)7-8-18(13)9-10-5-3-2-4-6-10/h2-6,11-13H,7-9H2,1H3,(H,17,19). The van der Waals surface area contributed by atoms with Crippen LogP contribution in [0.3, 0.4) is 0 Å². The van der Waals surface area contributed by atoms with E-state index in [1.165, 1.54) is 7.05 Å². The summed E-state index contributed by atoms with van der Waals surface area (Å²) in [6.45, 7) is 0.834. The largest absolute Gasteiger partial charge is 0.358 e. The summed E-state index contributed by atoms with van der Waals surface area (Å²) in [6, 6.07) is 8.45. The maximum Gasteiger partial charge on any atom is 0.240 e. The molecule has 3 nitrogen and oxygen atoms in total. The van der Waals surface area contributed by atoms with Crippen LogP contribution in [0.15, 0.2) is 30.3 Å². The summed E-state index contributed by atoms with van der Waals surface area (Å²) in [7, 11) is 1.44. The highest BCUT2D eigenvalue weighted by molar-refractivity contribution is 5.82. The molecule has 1 heterocycles. The van der Waals surface area contributed by atoms with E-state index in [1.807, 2.05) is 30.3 Å². The highest BCUT2D eigenvalue weighted by Crippen LogP contribution is 2.25. The monoisotopic (exact) mass is 268 g/mol. The lowest BCUT2D eigenvalue weighted by atomic mass is 9.96. The van der Waals surface area contributed by atoms with Crippen molar-refractivity contribution in [1.82, 2.24) is 10.2 Å². The molecule has 0 saturated carbocycles. The van der Waals surface area contributed by atoms with Gasteiger partial charge in [0.1, 0.15) is 12.2 Å². The number of halogens is 2. The third-order valence-electron chi connectivity index (χ3n) is 3.48. The van der Waals surface area contributed by atoms with E-state index in [2.05, 4.69) is 5.32 Å². The van der Waals surface area contributed by atoms with E-state index in [1.54, 1.807) is 4.90 Å². The van der Waals surface area contributed by atoms with Crippen LogP contribution in [0.5, 0.6) is 0 Å². The number of likely N-dealkylation sites (tertiary alicyclic amines) is 1. The molecule has 1 aromatic rings. The maximum atomic E-state index is 14.0. The second-order valence-electron chi connectivity index (χ2n) is 4.76. The minimum absolute atomic E-state index is 0.126. The zero-order valence-corrected chi connectivity index (χ0v) is 10.9. The van der Waals surface area contributed by atoms with Crippen LogP contribution < -0.4 is 5.32 Å². The minimum atomic E-state index is -1.77. The molecule has 0 aromatic heterocycles. The number of carbonyl (C=O) groups is 1. The number of hydrogen-bond donors (Lipinski definition) is 1. The molecule has 0 spiro atoms. The van der Waals surface area contributed by atoms with Gasteiger partial charge >= 0.3 is 0 Å². The molecule has 19 heavy (non-hydrogen) atoms. The molecule has 1 saturated heterocycles. The van der Waals surface area contributed by atoms with Crippen molar-refractivity contribution in [2.75, 3.05) is 13.6 Å². The third-order valence-corrected chi connectivity index (χ3v) is 3.48. The van der Waals surface area contributed by atoms with Gasteiger partial charge in [-0.3, -0.25) is 9.69 Å². The molecule has 1 aliphatic rings. The molecule has 5 heteroatoms. The number of nitrogens with one attached hydrogen (secondary N) is 1. The van der Waals surface area contributed by atoms with Gasteiger partial charge in [-0.2, -0.15) is 0 Å². The zero-order valence-electron chi connectivity index (χ0n) is 10.9. The van der Waals surface area contributed by atoms with E-state index in [4.69, 9.17) is 0 Å². The Morgan fingerprint density at radius 2 is 2.05 bits per heavy atom. The minimum Gasteiger partial charge on any atom is -0.358 e. The number of carbonyl (C=O) groups excluding carboxylic acids is 1. The number of hydrogen-bond acceptors (Lipinski definition) is 2. The summed E-state index contributed by atoms with van der Waals surface area (Å²) >= 11 is 0. The number of benzene rings is 1. The predicted molar refractivity (Wildman–Crippen MR) is 69.1 cm³/mol. The molecule has 0 bridgehead atoms. The van der Waals surface area contributed by atoms with Gasteiger partial charge in [-0.15, -0.1) is 0 Å². The molecule has 3 atom stereocenters. The average molecular weight is 268 g/mol. The predicted octanol–water partition coefficient (Wildman–Crippen LogP) is 1.68. The zero-order chi connectivity index (χ0) is 13.8. The van der Waals surface area contributed by atoms with Gasteiger partial charge in [-0.25, -0.2) is 8.78 Å². The number of piperidine rings is 1.